The van der Waals surface area contributed by atoms with Gasteiger partial charge in [-0.3, -0.25) is 9.59 Å². The van der Waals surface area contributed by atoms with Crippen molar-refractivity contribution in [1.29, 1.82) is 0 Å². The molecule has 0 aromatic heterocycles. The van der Waals surface area contributed by atoms with Crippen LogP contribution in [-0.2, 0) is 0 Å². The van der Waals surface area contributed by atoms with Crippen LogP contribution in [-0.4, -0.2) is 14.9 Å². The zero-order valence-corrected chi connectivity index (χ0v) is 9.53. The smallest absolute Gasteiger partial charge is 0.272 e. The summed E-state index contributed by atoms with van der Waals surface area (Å²) in [5, 5.41) is 0. The van der Waals surface area contributed by atoms with Crippen LogP contribution in [0.4, 0.5) is 5.69 Å². The Kier molecular flexibility index (Phi) is 1.99. The summed E-state index contributed by atoms with van der Waals surface area (Å²) in [6.45, 7) is 1.84. The summed E-state index contributed by atoms with van der Waals surface area (Å²) in [7, 11) is 0. The number of carbonyl (C=O) groups excluding carboxylic acids is 2. The van der Waals surface area contributed by atoms with Gasteiger partial charge in [-0.25, -0.2) is 3.11 Å². The number of halogens is 1. The van der Waals surface area contributed by atoms with Gasteiger partial charge in [-0.05, 0) is 24.6 Å². The number of anilines is 1. The molecular weight excluding hydrogens is 295 g/mol. The van der Waals surface area contributed by atoms with Crippen LogP contribution >= 0.6 is 22.9 Å². The SMILES string of the molecule is Cc1cc(N)c2c(c1)C(=O)N(I)C2=O. The number of imide groups is 1. The standard InChI is InChI=1S/C9H7IN2O2/c1-4-2-5-7(6(11)3-4)9(14)12(10)8(5)13/h2-3H,11H2,1H3. The first-order chi connectivity index (χ1) is 6.52. The summed E-state index contributed by atoms with van der Waals surface area (Å²) >= 11 is 1.69. The molecule has 0 fully saturated rings. The Morgan fingerprint density at radius 2 is 1.93 bits per heavy atom. The first kappa shape index (κ1) is 9.45. The van der Waals surface area contributed by atoms with Crippen LogP contribution in [0.15, 0.2) is 12.1 Å². The molecule has 0 saturated carbocycles. The lowest BCUT2D eigenvalue weighted by Gasteiger charge is -2.01. The lowest BCUT2D eigenvalue weighted by molar-refractivity contribution is 0.0797. The number of aryl methyl sites for hydroxylation is 1. The number of hydrogen-bond acceptors (Lipinski definition) is 3. The molecular formula is C9H7IN2O2. The molecule has 5 heteroatoms. The van der Waals surface area contributed by atoms with E-state index in [4.69, 9.17) is 5.73 Å². The van der Waals surface area contributed by atoms with E-state index in [2.05, 4.69) is 0 Å². The number of nitrogens with two attached hydrogens (primary N) is 1. The van der Waals surface area contributed by atoms with Gasteiger partial charge in [0.1, 0.15) is 0 Å². The predicted octanol–water partition coefficient (Wildman–Crippen LogP) is 1.52. The lowest BCUT2D eigenvalue weighted by atomic mass is 10.0. The zero-order valence-electron chi connectivity index (χ0n) is 7.37. The molecule has 0 unspecified atom stereocenters. The van der Waals surface area contributed by atoms with Gasteiger partial charge in [0.25, 0.3) is 11.8 Å². The molecule has 2 N–H and O–H groups in total. The maximum atomic E-state index is 11.6. The van der Waals surface area contributed by atoms with Gasteiger partial charge >= 0.3 is 0 Å². The molecule has 2 amide bonds. The number of benzene rings is 1. The van der Waals surface area contributed by atoms with E-state index in [0.29, 0.717) is 16.8 Å². The number of hydrogen-bond donors (Lipinski definition) is 1. The molecule has 1 aromatic rings. The molecule has 1 aromatic carbocycles. The van der Waals surface area contributed by atoms with Crippen molar-refractivity contribution in [2.24, 2.45) is 0 Å². The van der Waals surface area contributed by atoms with Gasteiger partial charge < -0.3 is 5.73 Å². The summed E-state index contributed by atoms with van der Waals surface area (Å²) < 4.78 is 1.05. The van der Waals surface area contributed by atoms with Crippen LogP contribution in [0.3, 0.4) is 0 Å². The average molecular weight is 302 g/mol. The van der Waals surface area contributed by atoms with Crippen molar-refractivity contribution < 1.29 is 9.59 Å². The Labute approximate surface area is 94.6 Å². The molecule has 1 aliphatic rings. The first-order valence-electron chi connectivity index (χ1n) is 3.97. The fourth-order valence-corrected chi connectivity index (χ4v) is 2.02. The van der Waals surface area contributed by atoms with E-state index in [1.54, 1.807) is 35.0 Å². The van der Waals surface area contributed by atoms with Crippen molar-refractivity contribution in [3.8, 4) is 0 Å². The third-order valence-electron chi connectivity index (χ3n) is 2.11. The number of fused-ring (bicyclic) bond motifs is 1. The van der Waals surface area contributed by atoms with Crippen molar-refractivity contribution in [3.05, 3.63) is 28.8 Å². The van der Waals surface area contributed by atoms with E-state index in [0.717, 1.165) is 8.68 Å². The number of amides is 2. The molecule has 2 rings (SSSR count). The lowest BCUT2D eigenvalue weighted by Crippen LogP contribution is -2.17. The molecule has 0 saturated heterocycles. The zero-order chi connectivity index (χ0) is 10.5. The monoisotopic (exact) mass is 302 g/mol. The summed E-state index contributed by atoms with van der Waals surface area (Å²) in [6, 6.07) is 3.38. The number of carbonyl (C=O) groups is 2. The molecule has 0 aliphatic carbocycles. The predicted molar refractivity (Wildman–Crippen MR) is 60.1 cm³/mol. The van der Waals surface area contributed by atoms with E-state index in [-0.39, 0.29) is 11.8 Å². The summed E-state index contributed by atoms with van der Waals surface area (Å²) in [6.07, 6.45) is 0. The van der Waals surface area contributed by atoms with E-state index < -0.39 is 0 Å². The quantitative estimate of drug-likeness (QED) is 0.342. The van der Waals surface area contributed by atoms with E-state index in [1.807, 2.05) is 6.92 Å². The molecule has 0 radical (unpaired) electrons. The number of nitrogen functional groups attached to an aromatic ring is 1. The largest absolute Gasteiger partial charge is 0.398 e. The summed E-state index contributed by atoms with van der Waals surface area (Å²) in [4.78, 5) is 23.1. The van der Waals surface area contributed by atoms with Gasteiger partial charge in [-0.15, -0.1) is 0 Å². The number of rotatable bonds is 0. The van der Waals surface area contributed by atoms with Gasteiger partial charge in [-0.1, -0.05) is 0 Å². The van der Waals surface area contributed by atoms with Crippen LogP contribution in [0.5, 0.6) is 0 Å². The van der Waals surface area contributed by atoms with Crippen LogP contribution in [0.25, 0.3) is 0 Å². The minimum atomic E-state index is -0.330. The van der Waals surface area contributed by atoms with Crippen LogP contribution in [0.1, 0.15) is 26.3 Å². The van der Waals surface area contributed by atoms with Crippen LogP contribution in [0, 0.1) is 6.92 Å². The second-order valence-corrected chi connectivity index (χ2v) is 4.13. The van der Waals surface area contributed by atoms with Crippen molar-refractivity contribution in [2.45, 2.75) is 6.92 Å². The Morgan fingerprint density at radius 3 is 2.57 bits per heavy atom. The van der Waals surface area contributed by atoms with Gasteiger partial charge in [0.05, 0.1) is 34.0 Å². The highest BCUT2D eigenvalue weighted by molar-refractivity contribution is 14.1. The fraction of sp³-hybridized carbons (Fsp3) is 0.111. The van der Waals surface area contributed by atoms with Gasteiger partial charge in [0, 0.05) is 5.69 Å². The molecule has 72 valence electrons. The Balaban J connectivity index is 2.76. The minimum Gasteiger partial charge on any atom is -0.398 e. The van der Waals surface area contributed by atoms with E-state index >= 15 is 0 Å². The molecule has 0 bridgehead atoms. The number of nitrogens with zero attached hydrogens (tertiary/aromatic N) is 1. The van der Waals surface area contributed by atoms with Crippen molar-refractivity contribution in [2.75, 3.05) is 5.73 Å². The maximum Gasteiger partial charge on any atom is 0.272 e. The molecule has 14 heavy (non-hydrogen) atoms. The second kappa shape index (κ2) is 2.94. The van der Waals surface area contributed by atoms with Crippen molar-refractivity contribution >= 4 is 40.4 Å². The Bertz CT molecular complexity index is 456. The minimum absolute atomic E-state index is 0.291. The summed E-state index contributed by atoms with van der Waals surface area (Å²) in [5.41, 5.74) is 7.67. The molecule has 1 heterocycles. The molecule has 0 atom stereocenters. The topological polar surface area (TPSA) is 63.4 Å². The molecule has 4 nitrogen and oxygen atoms in total. The van der Waals surface area contributed by atoms with Crippen LogP contribution in [0.2, 0.25) is 0 Å². The average Bonchev–Trinajstić information content (AvgIpc) is 2.31. The van der Waals surface area contributed by atoms with Crippen LogP contribution < -0.4 is 5.73 Å². The van der Waals surface area contributed by atoms with E-state index in [1.165, 1.54) is 0 Å². The third kappa shape index (κ3) is 1.12. The molecule has 1 aliphatic heterocycles. The van der Waals surface area contributed by atoms with E-state index in [9.17, 15) is 9.59 Å². The van der Waals surface area contributed by atoms with Crippen molar-refractivity contribution in [1.82, 2.24) is 3.11 Å². The highest BCUT2D eigenvalue weighted by Gasteiger charge is 2.35. The third-order valence-corrected chi connectivity index (χ3v) is 2.99. The Hall–Kier alpha value is -1.11. The highest BCUT2D eigenvalue weighted by atomic mass is 127. The fourth-order valence-electron chi connectivity index (χ4n) is 1.52. The van der Waals surface area contributed by atoms with Crippen molar-refractivity contribution in [3.63, 3.8) is 0 Å². The highest BCUT2D eigenvalue weighted by Crippen LogP contribution is 2.30. The Morgan fingerprint density at radius 1 is 1.29 bits per heavy atom. The van der Waals surface area contributed by atoms with Gasteiger partial charge in [0.15, 0.2) is 0 Å². The summed E-state index contributed by atoms with van der Waals surface area (Å²) in [5.74, 6) is -0.621. The second-order valence-electron chi connectivity index (χ2n) is 3.17. The van der Waals surface area contributed by atoms with Gasteiger partial charge in [-0.2, -0.15) is 0 Å². The van der Waals surface area contributed by atoms with Gasteiger partial charge in [0.2, 0.25) is 0 Å². The maximum absolute atomic E-state index is 11.6. The first-order valence-corrected chi connectivity index (χ1v) is 4.93. The molecule has 0 spiro atoms. The normalized spacial score (nSPS) is 14.9.